The number of unbranched alkanes of at least 4 members (excludes halogenated alkanes) is 1. The lowest BCUT2D eigenvalue weighted by molar-refractivity contribution is -0.140. The summed E-state index contributed by atoms with van der Waals surface area (Å²) < 4.78 is 2.76. The third-order valence-corrected chi connectivity index (χ3v) is 7.71. The number of carbonyl (C=O) groups excluding carboxylic acids is 2. The number of fused-ring (bicyclic) bond motifs is 2. The number of amides is 2. The number of aryl methyl sites for hydroxylation is 2. The average molecular weight is 430 g/mol. The number of imide groups is 1. The fourth-order valence-corrected chi connectivity index (χ4v) is 5.87. The molecule has 1 aliphatic heterocycles. The maximum atomic E-state index is 12.4. The van der Waals surface area contributed by atoms with Gasteiger partial charge in [-0.2, -0.15) is 0 Å². The van der Waals surface area contributed by atoms with Crippen molar-refractivity contribution in [1.82, 2.24) is 14.4 Å². The van der Waals surface area contributed by atoms with E-state index in [2.05, 4.69) is 24.1 Å². The van der Waals surface area contributed by atoms with Gasteiger partial charge < -0.3 is 9.47 Å². The van der Waals surface area contributed by atoms with Gasteiger partial charge in [0.15, 0.2) is 0 Å². The van der Waals surface area contributed by atoms with Crippen molar-refractivity contribution in [1.29, 1.82) is 0 Å². The number of rotatable bonds is 9. The van der Waals surface area contributed by atoms with E-state index in [9.17, 15) is 14.4 Å². The Labute approximate surface area is 181 Å². The summed E-state index contributed by atoms with van der Waals surface area (Å²) in [7, 11) is 3.94. The van der Waals surface area contributed by atoms with Gasteiger partial charge in [-0.25, -0.2) is 0 Å². The first-order valence-corrected chi connectivity index (χ1v) is 11.9. The van der Waals surface area contributed by atoms with Crippen LogP contribution in [-0.2, 0) is 23.1 Å². The van der Waals surface area contributed by atoms with Gasteiger partial charge >= 0.3 is 4.87 Å². The molecule has 1 saturated heterocycles. The van der Waals surface area contributed by atoms with Gasteiger partial charge in [-0.1, -0.05) is 23.8 Å². The quantitative estimate of drug-likeness (QED) is 0.454. The smallest absolute Gasteiger partial charge is 0.306 e. The van der Waals surface area contributed by atoms with E-state index in [0.717, 1.165) is 68.3 Å². The summed E-state index contributed by atoms with van der Waals surface area (Å²) in [5, 5.41) is 0. The fourth-order valence-electron chi connectivity index (χ4n) is 4.93. The van der Waals surface area contributed by atoms with E-state index in [1.54, 1.807) is 4.57 Å². The van der Waals surface area contributed by atoms with Crippen LogP contribution in [0, 0.1) is 11.8 Å². The number of benzene rings is 1. The van der Waals surface area contributed by atoms with E-state index >= 15 is 0 Å². The zero-order valence-electron chi connectivity index (χ0n) is 17.9. The van der Waals surface area contributed by atoms with Crippen molar-refractivity contribution in [2.75, 3.05) is 26.7 Å². The van der Waals surface area contributed by atoms with E-state index in [0.29, 0.717) is 6.54 Å². The highest BCUT2D eigenvalue weighted by atomic mass is 32.1. The minimum Gasteiger partial charge on any atom is -0.306 e. The lowest BCUT2D eigenvalue weighted by Gasteiger charge is -2.19. The molecule has 1 aliphatic carbocycles. The van der Waals surface area contributed by atoms with E-state index < -0.39 is 0 Å². The van der Waals surface area contributed by atoms with Gasteiger partial charge in [0.1, 0.15) is 0 Å². The molecule has 2 atom stereocenters. The molecule has 2 aliphatic rings. The Balaban J connectivity index is 1.15. The molecule has 2 heterocycles. The summed E-state index contributed by atoms with van der Waals surface area (Å²) in [6, 6.07) is 6.30. The second-order valence-corrected chi connectivity index (χ2v) is 9.81. The van der Waals surface area contributed by atoms with Crippen molar-refractivity contribution in [3.8, 4) is 0 Å². The zero-order valence-corrected chi connectivity index (χ0v) is 18.7. The zero-order chi connectivity index (χ0) is 21.3. The minimum absolute atomic E-state index is 0.0173. The second-order valence-electron chi connectivity index (χ2n) is 8.82. The van der Waals surface area contributed by atoms with Crippen LogP contribution in [0.25, 0.3) is 10.2 Å². The van der Waals surface area contributed by atoms with Crippen LogP contribution in [0.4, 0.5) is 0 Å². The second kappa shape index (κ2) is 9.02. The first kappa shape index (κ1) is 21.2. The molecule has 7 heteroatoms. The topological polar surface area (TPSA) is 62.6 Å². The standard InChI is InChI=1S/C23H31N3O3S/c1-24(12-3-4-14-26-21(27)17-8-5-9-18(17)22(26)28)13-6-7-16-10-11-19-20(15-16)30-23(29)25(19)2/h10-11,15,17-18H,3-9,12-14H2,1-2H3. The molecule has 4 rings (SSSR count). The van der Waals surface area contributed by atoms with Gasteiger partial charge in [-0.05, 0) is 76.4 Å². The van der Waals surface area contributed by atoms with Crippen LogP contribution in [0.1, 0.15) is 44.1 Å². The number of carbonyl (C=O) groups is 2. The summed E-state index contributed by atoms with van der Waals surface area (Å²) in [5.74, 6) is 0.125. The molecule has 0 N–H and O–H groups in total. The normalized spacial score (nSPS) is 21.4. The fraction of sp³-hybridized carbons (Fsp3) is 0.609. The lowest BCUT2D eigenvalue weighted by Crippen LogP contribution is -2.33. The van der Waals surface area contributed by atoms with Gasteiger partial charge in [-0.3, -0.25) is 19.3 Å². The maximum Gasteiger partial charge on any atom is 0.307 e. The molecule has 30 heavy (non-hydrogen) atoms. The SMILES string of the molecule is CN(CCCCN1C(=O)C2CCCC2C1=O)CCCc1ccc2c(c1)sc(=O)n2C. The summed E-state index contributed by atoms with van der Waals surface area (Å²) in [6.45, 7) is 2.57. The third-order valence-electron chi connectivity index (χ3n) is 6.72. The van der Waals surface area contributed by atoms with Gasteiger partial charge in [0.25, 0.3) is 0 Å². The predicted octanol–water partition coefficient (Wildman–Crippen LogP) is 3.03. The number of likely N-dealkylation sites (tertiary alicyclic amines) is 1. The Kier molecular flexibility index (Phi) is 6.39. The van der Waals surface area contributed by atoms with Crippen LogP contribution in [0.2, 0.25) is 0 Å². The highest BCUT2D eigenvalue weighted by Gasteiger charge is 2.49. The molecular formula is C23H31N3O3S. The van der Waals surface area contributed by atoms with Crippen LogP contribution < -0.4 is 4.87 Å². The molecule has 162 valence electrons. The van der Waals surface area contributed by atoms with Crippen molar-refractivity contribution >= 4 is 33.4 Å². The van der Waals surface area contributed by atoms with Crippen molar-refractivity contribution in [3.63, 3.8) is 0 Å². The Hall–Kier alpha value is -1.99. The van der Waals surface area contributed by atoms with Crippen molar-refractivity contribution in [2.45, 2.75) is 44.9 Å². The number of nitrogens with zero attached hydrogens (tertiary/aromatic N) is 3. The van der Waals surface area contributed by atoms with E-state index in [-0.39, 0.29) is 28.5 Å². The molecule has 2 amide bonds. The highest BCUT2D eigenvalue weighted by Crippen LogP contribution is 2.39. The van der Waals surface area contributed by atoms with Gasteiger partial charge in [-0.15, -0.1) is 0 Å². The highest BCUT2D eigenvalue weighted by molar-refractivity contribution is 7.16. The molecule has 0 radical (unpaired) electrons. The number of aromatic nitrogens is 1. The van der Waals surface area contributed by atoms with Crippen LogP contribution >= 0.6 is 11.3 Å². The van der Waals surface area contributed by atoms with Gasteiger partial charge in [0, 0.05) is 13.6 Å². The summed E-state index contributed by atoms with van der Waals surface area (Å²) in [4.78, 5) is 40.5. The molecule has 1 saturated carbocycles. The van der Waals surface area contributed by atoms with Crippen LogP contribution in [0.3, 0.4) is 0 Å². The minimum atomic E-state index is -0.0173. The maximum absolute atomic E-state index is 12.4. The predicted molar refractivity (Wildman–Crippen MR) is 120 cm³/mol. The molecule has 1 aromatic heterocycles. The Bertz CT molecular complexity index is 973. The monoisotopic (exact) mass is 429 g/mol. The summed E-state index contributed by atoms with van der Waals surface area (Å²) >= 11 is 1.31. The first-order valence-electron chi connectivity index (χ1n) is 11.1. The summed E-state index contributed by atoms with van der Waals surface area (Å²) in [6.07, 6.45) is 6.74. The molecule has 0 bridgehead atoms. The number of hydrogen-bond acceptors (Lipinski definition) is 5. The largest absolute Gasteiger partial charge is 0.307 e. The van der Waals surface area contributed by atoms with Crippen molar-refractivity contribution in [3.05, 3.63) is 33.4 Å². The number of hydrogen-bond donors (Lipinski definition) is 0. The Morgan fingerprint density at radius 3 is 2.47 bits per heavy atom. The van der Waals surface area contributed by atoms with Gasteiger partial charge in [0.2, 0.25) is 11.8 Å². The lowest BCUT2D eigenvalue weighted by atomic mass is 10.00. The molecule has 6 nitrogen and oxygen atoms in total. The number of thiazole rings is 1. The van der Waals surface area contributed by atoms with Crippen molar-refractivity contribution < 1.29 is 9.59 Å². The van der Waals surface area contributed by atoms with Crippen LogP contribution in [0.5, 0.6) is 0 Å². The Morgan fingerprint density at radius 1 is 1.03 bits per heavy atom. The van der Waals surface area contributed by atoms with E-state index in [4.69, 9.17) is 0 Å². The third kappa shape index (κ3) is 4.23. The molecule has 2 unspecified atom stereocenters. The van der Waals surface area contributed by atoms with E-state index in [1.165, 1.54) is 21.8 Å². The molecule has 2 fully saturated rings. The molecule has 2 aromatic rings. The average Bonchev–Trinajstić information content (AvgIpc) is 3.37. The van der Waals surface area contributed by atoms with Crippen molar-refractivity contribution in [2.24, 2.45) is 18.9 Å². The van der Waals surface area contributed by atoms with Crippen LogP contribution in [0.15, 0.2) is 23.0 Å². The van der Waals surface area contributed by atoms with E-state index in [1.807, 2.05) is 13.1 Å². The van der Waals surface area contributed by atoms with Gasteiger partial charge in [0.05, 0.1) is 22.1 Å². The summed E-state index contributed by atoms with van der Waals surface area (Å²) in [5.41, 5.74) is 2.28. The molecular weight excluding hydrogens is 398 g/mol. The molecule has 1 aromatic carbocycles. The first-order chi connectivity index (χ1) is 14.5. The molecule has 0 spiro atoms. The van der Waals surface area contributed by atoms with Crippen LogP contribution in [-0.4, -0.2) is 52.9 Å². The Morgan fingerprint density at radius 2 is 1.73 bits per heavy atom.